The van der Waals surface area contributed by atoms with E-state index in [0.717, 1.165) is 30.3 Å². The Hall–Kier alpha value is -1.00. The molecule has 3 nitrogen and oxygen atoms in total. The van der Waals surface area contributed by atoms with Crippen molar-refractivity contribution >= 4 is 17.5 Å². The van der Waals surface area contributed by atoms with E-state index in [1.54, 1.807) is 25.8 Å². The molecule has 0 saturated carbocycles. The number of benzene rings is 1. The maximum atomic E-state index is 11.8. The van der Waals surface area contributed by atoms with Crippen LogP contribution in [0, 0.1) is 0 Å². The number of ketones is 1. The van der Waals surface area contributed by atoms with Gasteiger partial charge in [-0.15, -0.1) is 11.8 Å². The molecular weight excluding hydrogens is 258 g/mol. The van der Waals surface area contributed by atoms with Crippen molar-refractivity contribution in [2.45, 2.75) is 25.7 Å². The van der Waals surface area contributed by atoms with Crippen LogP contribution < -0.4 is 4.74 Å². The van der Waals surface area contributed by atoms with Crippen molar-refractivity contribution in [2.75, 3.05) is 32.5 Å². The Morgan fingerprint density at radius 2 is 2.00 bits per heavy atom. The maximum Gasteiger partial charge on any atom is 0.164 e. The van der Waals surface area contributed by atoms with Crippen LogP contribution in [0.5, 0.6) is 5.75 Å². The Bertz CT molecular complexity index is 417. The van der Waals surface area contributed by atoms with Crippen LogP contribution in [0.4, 0.5) is 0 Å². The molecule has 1 rings (SSSR count). The number of hydrogen-bond acceptors (Lipinski definition) is 4. The van der Waals surface area contributed by atoms with Crippen molar-refractivity contribution in [2.24, 2.45) is 0 Å². The third-order valence-corrected chi connectivity index (χ3v) is 4.16. The van der Waals surface area contributed by atoms with E-state index in [4.69, 9.17) is 4.74 Å². The summed E-state index contributed by atoms with van der Waals surface area (Å²) in [5.41, 5.74) is 0.703. The van der Waals surface area contributed by atoms with Crippen LogP contribution in [-0.2, 0) is 0 Å². The van der Waals surface area contributed by atoms with Gasteiger partial charge in [0.1, 0.15) is 5.75 Å². The number of hydrogen-bond donors (Lipinski definition) is 0. The third-order valence-electron chi connectivity index (χ3n) is 3.12. The molecule has 1 aromatic rings. The van der Waals surface area contributed by atoms with Crippen molar-refractivity contribution in [1.82, 2.24) is 4.90 Å². The monoisotopic (exact) mass is 281 g/mol. The topological polar surface area (TPSA) is 29.5 Å². The van der Waals surface area contributed by atoms with Crippen LogP contribution in [0.15, 0.2) is 23.1 Å². The Morgan fingerprint density at radius 3 is 2.53 bits per heavy atom. The summed E-state index contributed by atoms with van der Waals surface area (Å²) in [6, 6.07) is 5.77. The zero-order valence-corrected chi connectivity index (χ0v) is 13.0. The SMILES string of the molecule is CCN(CC)CCSc1cccc(OC)c1C(C)=O. The molecule has 0 aromatic heterocycles. The normalized spacial score (nSPS) is 10.8. The molecule has 0 amide bonds. The highest BCUT2D eigenvalue weighted by molar-refractivity contribution is 7.99. The number of carbonyl (C=O) groups is 1. The third kappa shape index (κ3) is 4.55. The first-order chi connectivity index (χ1) is 9.13. The molecule has 0 radical (unpaired) electrons. The van der Waals surface area contributed by atoms with E-state index in [-0.39, 0.29) is 5.78 Å². The first-order valence-electron chi connectivity index (χ1n) is 6.67. The lowest BCUT2D eigenvalue weighted by Crippen LogP contribution is -2.25. The number of thioether (sulfide) groups is 1. The fraction of sp³-hybridized carbons (Fsp3) is 0.533. The Morgan fingerprint density at radius 1 is 1.32 bits per heavy atom. The van der Waals surface area contributed by atoms with Gasteiger partial charge in [0, 0.05) is 17.2 Å². The van der Waals surface area contributed by atoms with Crippen LogP contribution in [0.1, 0.15) is 31.1 Å². The second kappa shape index (κ2) is 8.23. The second-order valence-corrected chi connectivity index (χ2v) is 5.40. The Labute approximate surface area is 120 Å². The van der Waals surface area contributed by atoms with Gasteiger partial charge in [0.15, 0.2) is 5.78 Å². The van der Waals surface area contributed by atoms with E-state index in [1.165, 1.54) is 0 Å². The van der Waals surface area contributed by atoms with Crippen molar-refractivity contribution in [1.29, 1.82) is 0 Å². The van der Waals surface area contributed by atoms with Crippen LogP contribution >= 0.6 is 11.8 Å². The summed E-state index contributed by atoms with van der Waals surface area (Å²) in [6.07, 6.45) is 0. The van der Waals surface area contributed by atoms with Gasteiger partial charge in [0.25, 0.3) is 0 Å². The van der Waals surface area contributed by atoms with Gasteiger partial charge in [-0.3, -0.25) is 4.79 Å². The molecule has 0 spiro atoms. The number of methoxy groups -OCH3 is 1. The molecule has 0 unspecified atom stereocenters. The molecule has 106 valence electrons. The summed E-state index contributed by atoms with van der Waals surface area (Å²) >= 11 is 1.72. The Kier molecular flexibility index (Phi) is 6.95. The van der Waals surface area contributed by atoms with E-state index in [0.29, 0.717) is 11.3 Å². The van der Waals surface area contributed by atoms with Gasteiger partial charge in [-0.05, 0) is 32.1 Å². The highest BCUT2D eigenvalue weighted by atomic mass is 32.2. The molecule has 0 bridgehead atoms. The molecule has 0 fully saturated rings. The van der Waals surface area contributed by atoms with Gasteiger partial charge in [-0.25, -0.2) is 0 Å². The van der Waals surface area contributed by atoms with E-state index < -0.39 is 0 Å². The van der Waals surface area contributed by atoms with Gasteiger partial charge in [0.05, 0.1) is 12.7 Å². The minimum Gasteiger partial charge on any atom is -0.496 e. The lowest BCUT2D eigenvalue weighted by molar-refractivity contribution is 0.101. The standard InChI is InChI=1S/C15H23NO2S/c1-5-16(6-2)10-11-19-14-9-7-8-13(18-4)15(14)12(3)17/h7-9H,5-6,10-11H2,1-4H3. The number of rotatable bonds is 8. The summed E-state index contributed by atoms with van der Waals surface area (Å²) < 4.78 is 5.27. The van der Waals surface area contributed by atoms with Gasteiger partial charge >= 0.3 is 0 Å². The summed E-state index contributed by atoms with van der Waals surface area (Å²) in [5.74, 6) is 1.71. The zero-order valence-electron chi connectivity index (χ0n) is 12.2. The summed E-state index contributed by atoms with van der Waals surface area (Å²) in [4.78, 5) is 15.1. The fourth-order valence-electron chi connectivity index (χ4n) is 1.97. The lowest BCUT2D eigenvalue weighted by Gasteiger charge is -2.18. The number of carbonyl (C=O) groups excluding carboxylic acids is 1. The highest BCUT2D eigenvalue weighted by Gasteiger charge is 2.13. The number of nitrogens with zero attached hydrogens (tertiary/aromatic N) is 1. The van der Waals surface area contributed by atoms with Gasteiger partial charge in [-0.1, -0.05) is 19.9 Å². The van der Waals surface area contributed by atoms with Gasteiger partial charge in [0.2, 0.25) is 0 Å². The zero-order chi connectivity index (χ0) is 14.3. The summed E-state index contributed by atoms with van der Waals surface area (Å²) in [6.45, 7) is 9.09. The second-order valence-electron chi connectivity index (χ2n) is 4.26. The smallest absolute Gasteiger partial charge is 0.164 e. The van der Waals surface area contributed by atoms with Crippen LogP contribution in [0.3, 0.4) is 0 Å². The minimum atomic E-state index is 0.0581. The molecule has 0 N–H and O–H groups in total. The van der Waals surface area contributed by atoms with Gasteiger partial charge < -0.3 is 9.64 Å². The molecule has 0 saturated heterocycles. The molecule has 1 aromatic carbocycles. The fourth-order valence-corrected chi connectivity index (χ4v) is 3.11. The highest BCUT2D eigenvalue weighted by Crippen LogP contribution is 2.30. The van der Waals surface area contributed by atoms with Crippen molar-refractivity contribution < 1.29 is 9.53 Å². The molecule has 0 atom stereocenters. The van der Waals surface area contributed by atoms with E-state index in [2.05, 4.69) is 18.7 Å². The minimum absolute atomic E-state index is 0.0581. The average Bonchev–Trinajstić information content (AvgIpc) is 2.42. The van der Waals surface area contributed by atoms with E-state index in [1.807, 2.05) is 18.2 Å². The molecule has 19 heavy (non-hydrogen) atoms. The molecule has 0 aliphatic rings. The lowest BCUT2D eigenvalue weighted by atomic mass is 10.1. The maximum absolute atomic E-state index is 11.8. The Balaban J connectivity index is 2.75. The number of ether oxygens (including phenoxy) is 1. The van der Waals surface area contributed by atoms with E-state index in [9.17, 15) is 4.79 Å². The molecule has 4 heteroatoms. The first-order valence-corrected chi connectivity index (χ1v) is 7.65. The quantitative estimate of drug-likeness (QED) is 0.540. The van der Waals surface area contributed by atoms with Crippen molar-refractivity contribution in [3.63, 3.8) is 0 Å². The molecular formula is C15H23NO2S. The number of Topliss-reactive ketones (excluding diaryl/α,β-unsaturated/α-hetero) is 1. The van der Waals surface area contributed by atoms with Crippen LogP contribution in [0.2, 0.25) is 0 Å². The molecule has 0 heterocycles. The molecule has 0 aliphatic heterocycles. The van der Waals surface area contributed by atoms with Crippen LogP contribution in [-0.4, -0.2) is 43.2 Å². The van der Waals surface area contributed by atoms with Crippen molar-refractivity contribution in [3.05, 3.63) is 23.8 Å². The average molecular weight is 281 g/mol. The summed E-state index contributed by atoms with van der Waals surface area (Å²) in [5, 5.41) is 0. The summed E-state index contributed by atoms with van der Waals surface area (Å²) in [7, 11) is 1.60. The van der Waals surface area contributed by atoms with E-state index >= 15 is 0 Å². The van der Waals surface area contributed by atoms with Crippen LogP contribution in [0.25, 0.3) is 0 Å². The van der Waals surface area contributed by atoms with Crippen molar-refractivity contribution in [3.8, 4) is 5.75 Å². The molecule has 0 aliphatic carbocycles. The largest absolute Gasteiger partial charge is 0.496 e. The van der Waals surface area contributed by atoms with Gasteiger partial charge in [-0.2, -0.15) is 0 Å². The predicted molar refractivity (Wildman–Crippen MR) is 81.5 cm³/mol. The predicted octanol–water partition coefficient (Wildman–Crippen LogP) is 3.33. The first kappa shape index (κ1) is 16.1.